The normalized spacial score (nSPS) is 17.3. The number of rotatable bonds is 5. The van der Waals surface area contributed by atoms with Crippen molar-refractivity contribution in [2.24, 2.45) is 0 Å². The molecule has 116 valence electrons. The van der Waals surface area contributed by atoms with E-state index in [2.05, 4.69) is 5.32 Å². The summed E-state index contributed by atoms with van der Waals surface area (Å²) in [6.07, 6.45) is 4.72. The maximum atomic E-state index is 12.4. The van der Waals surface area contributed by atoms with E-state index in [1.807, 2.05) is 36.1 Å². The standard InChI is InChI=1S/C17H26N2O2/c1-14(17(21)19-9-4-2-3-5-10-19)18-12-15-7-6-8-16(11-15)13-20/h6-8,11,14,18,20H,2-5,9-10,12-13H2,1H3. The van der Waals surface area contributed by atoms with Gasteiger partial charge >= 0.3 is 0 Å². The summed E-state index contributed by atoms with van der Waals surface area (Å²) in [4.78, 5) is 14.4. The predicted octanol–water partition coefficient (Wildman–Crippen LogP) is 2.06. The highest BCUT2D eigenvalue weighted by molar-refractivity contribution is 5.81. The van der Waals surface area contributed by atoms with Gasteiger partial charge in [-0.25, -0.2) is 0 Å². The molecule has 4 nitrogen and oxygen atoms in total. The molecule has 2 rings (SSSR count). The van der Waals surface area contributed by atoms with Crippen molar-refractivity contribution in [1.29, 1.82) is 0 Å². The molecule has 4 heteroatoms. The molecule has 1 aromatic rings. The van der Waals surface area contributed by atoms with Gasteiger partial charge in [-0.15, -0.1) is 0 Å². The van der Waals surface area contributed by atoms with Crippen molar-refractivity contribution in [2.75, 3.05) is 13.1 Å². The molecular formula is C17H26N2O2. The Kier molecular flexibility index (Phi) is 6.21. The molecule has 0 spiro atoms. The summed E-state index contributed by atoms with van der Waals surface area (Å²) in [5.74, 6) is 0.204. The van der Waals surface area contributed by atoms with Gasteiger partial charge in [-0.05, 0) is 30.9 Å². The Hall–Kier alpha value is -1.39. The average molecular weight is 290 g/mol. The summed E-state index contributed by atoms with van der Waals surface area (Å²) in [5, 5.41) is 12.4. The molecule has 1 aliphatic heterocycles. The molecule has 1 heterocycles. The molecular weight excluding hydrogens is 264 g/mol. The van der Waals surface area contributed by atoms with E-state index >= 15 is 0 Å². The highest BCUT2D eigenvalue weighted by Crippen LogP contribution is 2.11. The molecule has 1 saturated heterocycles. The van der Waals surface area contributed by atoms with Crippen LogP contribution in [0.5, 0.6) is 0 Å². The lowest BCUT2D eigenvalue weighted by molar-refractivity contribution is -0.133. The third-order valence-corrected chi connectivity index (χ3v) is 4.07. The third-order valence-electron chi connectivity index (χ3n) is 4.07. The van der Waals surface area contributed by atoms with Gasteiger partial charge in [0.2, 0.25) is 5.91 Å². The molecule has 0 bridgehead atoms. The number of nitrogens with one attached hydrogen (secondary N) is 1. The largest absolute Gasteiger partial charge is 0.392 e. The van der Waals surface area contributed by atoms with Gasteiger partial charge in [0, 0.05) is 19.6 Å². The zero-order valence-electron chi connectivity index (χ0n) is 12.8. The number of benzene rings is 1. The highest BCUT2D eigenvalue weighted by atomic mass is 16.3. The van der Waals surface area contributed by atoms with Gasteiger partial charge in [0.1, 0.15) is 0 Å². The van der Waals surface area contributed by atoms with E-state index in [0.29, 0.717) is 6.54 Å². The first-order valence-corrected chi connectivity index (χ1v) is 7.91. The average Bonchev–Trinajstić information content (AvgIpc) is 2.81. The van der Waals surface area contributed by atoms with E-state index in [1.54, 1.807) is 0 Å². The van der Waals surface area contributed by atoms with E-state index in [4.69, 9.17) is 5.11 Å². The van der Waals surface area contributed by atoms with Gasteiger partial charge in [0.05, 0.1) is 12.6 Å². The lowest BCUT2D eigenvalue weighted by Gasteiger charge is -2.24. The van der Waals surface area contributed by atoms with Crippen molar-refractivity contribution < 1.29 is 9.90 Å². The quantitative estimate of drug-likeness (QED) is 0.873. The lowest BCUT2D eigenvalue weighted by Crippen LogP contribution is -2.45. The van der Waals surface area contributed by atoms with Gasteiger partial charge in [0.15, 0.2) is 0 Å². The minimum Gasteiger partial charge on any atom is -0.392 e. The van der Waals surface area contributed by atoms with E-state index in [1.165, 1.54) is 12.8 Å². The number of hydrogen-bond donors (Lipinski definition) is 2. The second-order valence-corrected chi connectivity index (χ2v) is 5.82. The number of carbonyl (C=O) groups excluding carboxylic acids is 1. The minimum atomic E-state index is -0.166. The Morgan fingerprint density at radius 1 is 1.24 bits per heavy atom. The van der Waals surface area contributed by atoms with E-state index in [-0.39, 0.29) is 18.6 Å². The van der Waals surface area contributed by atoms with Crippen molar-refractivity contribution >= 4 is 5.91 Å². The van der Waals surface area contributed by atoms with Crippen LogP contribution in [0.4, 0.5) is 0 Å². The molecule has 0 aliphatic carbocycles. The number of carbonyl (C=O) groups is 1. The first kappa shape index (κ1) is 16.0. The third kappa shape index (κ3) is 4.83. The second-order valence-electron chi connectivity index (χ2n) is 5.82. The molecule has 21 heavy (non-hydrogen) atoms. The van der Waals surface area contributed by atoms with Gasteiger partial charge in [-0.2, -0.15) is 0 Å². The van der Waals surface area contributed by atoms with Crippen LogP contribution in [0, 0.1) is 0 Å². The molecule has 1 atom stereocenters. The molecule has 0 saturated carbocycles. The van der Waals surface area contributed by atoms with Crippen LogP contribution < -0.4 is 5.32 Å². The van der Waals surface area contributed by atoms with Crippen LogP contribution in [0.3, 0.4) is 0 Å². The van der Waals surface area contributed by atoms with Crippen LogP contribution in [0.15, 0.2) is 24.3 Å². The van der Waals surface area contributed by atoms with Crippen LogP contribution >= 0.6 is 0 Å². The summed E-state index contributed by atoms with van der Waals surface area (Å²) in [7, 11) is 0. The molecule has 1 unspecified atom stereocenters. The van der Waals surface area contributed by atoms with Crippen molar-refractivity contribution in [3.63, 3.8) is 0 Å². The van der Waals surface area contributed by atoms with Gasteiger partial charge in [-0.1, -0.05) is 37.1 Å². The van der Waals surface area contributed by atoms with Gasteiger partial charge in [0.25, 0.3) is 0 Å². The second kappa shape index (κ2) is 8.15. The van der Waals surface area contributed by atoms with Crippen molar-refractivity contribution in [1.82, 2.24) is 10.2 Å². The lowest BCUT2D eigenvalue weighted by atomic mass is 10.1. The summed E-state index contributed by atoms with van der Waals surface area (Å²) < 4.78 is 0. The van der Waals surface area contributed by atoms with E-state index in [0.717, 1.165) is 37.1 Å². The van der Waals surface area contributed by atoms with Crippen molar-refractivity contribution in [2.45, 2.75) is 51.8 Å². The van der Waals surface area contributed by atoms with Crippen LogP contribution in [0.25, 0.3) is 0 Å². The summed E-state index contributed by atoms with van der Waals surface area (Å²) in [6.45, 7) is 4.42. The first-order chi connectivity index (χ1) is 10.2. The van der Waals surface area contributed by atoms with Crippen LogP contribution in [-0.4, -0.2) is 35.0 Å². The summed E-state index contributed by atoms with van der Waals surface area (Å²) >= 11 is 0. The number of hydrogen-bond acceptors (Lipinski definition) is 3. The fourth-order valence-corrected chi connectivity index (χ4v) is 2.76. The fraction of sp³-hybridized carbons (Fsp3) is 0.588. The van der Waals surface area contributed by atoms with Crippen LogP contribution in [-0.2, 0) is 17.9 Å². The Morgan fingerprint density at radius 3 is 2.57 bits per heavy atom. The molecule has 1 amide bonds. The number of aliphatic hydroxyl groups is 1. The predicted molar refractivity (Wildman–Crippen MR) is 83.7 cm³/mol. The minimum absolute atomic E-state index is 0.0517. The zero-order chi connectivity index (χ0) is 15.1. The van der Waals surface area contributed by atoms with Gasteiger partial charge < -0.3 is 15.3 Å². The first-order valence-electron chi connectivity index (χ1n) is 7.91. The van der Waals surface area contributed by atoms with Crippen LogP contribution in [0.1, 0.15) is 43.7 Å². The monoisotopic (exact) mass is 290 g/mol. The Bertz CT molecular complexity index is 454. The van der Waals surface area contributed by atoms with Crippen molar-refractivity contribution in [3.8, 4) is 0 Å². The summed E-state index contributed by atoms with van der Waals surface area (Å²) in [5.41, 5.74) is 2.00. The van der Waals surface area contributed by atoms with Crippen molar-refractivity contribution in [3.05, 3.63) is 35.4 Å². The summed E-state index contributed by atoms with van der Waals surface area (Å²) in [6, 6.07) is 7.64. The number of likely N-dealkylation sites (tertiary alicyclic amines) is 1. The maximum Gasteiger partial charge on any atom is 0.239 e. The SMILES string of the molecule is CC(NCc1cccc(CO)c1)C(=O)N1CCCCCC1. The molecule has 2 N–H and O–H groups in total. The Balaban J connectivity index is 1.85. The molecule has 1 aromatic carbocycles. The number of aliphatic hydroxyl groups excluding tert-OH is 1. The number of amides is 1. The van der Waals surface area contributed by atoms with Gasteiger partial charge in [-0.3, -0.25) is 4.79 Å². The highest BCUT2D eigenvalue weighted by Gasteiger charge is 2.20. The Labute approximate surface area is 127 Å². The Morgan fingerprint density at radius 2 is 1.90 bits per heavy atom. The van der Waals surface area contributed by atoms with E-state index in [9.17, 15) is 4.79 Å². The molecule has 1 aliphatic rings. The van der Waals surface area contributed by atoms with Crippen LogP contribution in [0.2, 0.25) is 0 Å². The van der Waals surface area contributed by atoms with E-state index < -0.39 is 0 Å². The smallest absolute Gasteiger partial charge is 0.239 e. The topological polar surface area (TPSA) is 52.6 Å². The molecule has 0 radical (unpaired) electrons. The fourth-order valence-electron chi connectivity index (χ4n) is 2.76. The molecule has 0 aromatic heterocycles. The molecule has 1 fully saturated rings. The maximum absolute atomic E-state index is 12.4. The number of nitrogens with zero attached hydrogens (tertiary/aromatic N) is 1. The zero-order valence-corrected chi connectivity index (χ0v) is 12.8.